The Morgan fingerprint density at radius 1 is 1.29 bits per heavy atom. The number of hydrogen-bond donors (Lipinski definition) is 0. The summed E-state index contributed by atoms with van der Waals surface area (Å²) in [6.45, 7) is 3.62. The lowest BCUT2D eigenvalue weighted by Gasteiger charge is -2.37. The van der Waals surface area contributed by atoms with E-state index >= 15 is 0 Å². The van der Waals surface area contributed by atoms with Crippen LogP contribution in [-0.2, 0) is 14.8 Å². The number of piperazine rings is 1. The number of esters is 1. The van der Waals surface area contributed by atoms with Crippen molar-refractivity contribution in [1.29, 1.82) is 0 Å². The van der Waals surface area contributed by atoms with Gasteiger partial charge in [-0.2, -0.15) is 4.31 Å². The van der Waals surface area contributed by atoms with Gasteiger partial charge in [-0.25, -0.2) is 13.2 Å². The van der Waals surface area contributed by atoms with Crippen LogP contribution < -0.4 is 0 Å². The second-order valence-corrected chi connectivity index (χ2v) is 7.07. The van der Waals surface area contributed by atoms with Gasteiger partial charge in [0.25, 0.3) is 0 Å². The molecule has 1 aliphatic rings. The van der Waals surface area contributed by atoms with E-state index in [1.165, 1.54) is 23.5 Å². The molecular formula is C14H20N2O4S. The minimum atomic E-state index is -3.71. The third kappa shape index (κ3) is 3.09. The Hall–Kier alpha value is -1.44. The summed E-state index contributed by atoms with van der Waals surface area (Å²) in [5, 5.41) is 0. The Bertz CT molecular complexity index is 630. The fourth-order valence-corrected chi connectivity index (χ4v) is 4.37. The largest absolute Gasteiger partial charge is 0.465 e. The van der Waals surface area contributed by atoms with Gasteiger partial charge < -0.3 is 9.64 Å². The summed E-state index contributed by atoms with van der Waals surface area (Å²) in [7, 11) is -0.513. The van der Waals surface area contributed by atoms with Gasteiger partial charge in [0.15, 0.2) is 0 Å². The number of methoxy groups -OCH3 is 1. The van der Waals surface area contributed by atoms with Crippen LogP contribution in [-0.4, -0.2) is 63.4 Å². The lowest BCUT2D eigenvalue weighted by atomic mass is 10.2. The molecule has 1 saturated heterocycles. The van der Waals surface area contributed by atoms with E-state index in [4.69, 9.17) is 0 Å². The molecule has 6 nitrogen and oxygen atoms in total. The van der Waals surface area contributed by atoms with Crippen LogP contribution in [0.2, 0.25) is 0 Å². The van der Waals surface area contributed by atoms with Crippen molar-refractivity contribution in [1.82, 2.24) is 9.21 Å². The predicted octanol–water partition coefficient (Wildman–Crippen LogP) is 0.798. The molecular weight excluding hydrogens is 292 g/mol. The molecule has 0 spiro atoms. The van der Waals surface area contributed by atoms with Crippen molar-refractivity contribution in [3.8, 4) is 0 Å². The molecule has 1 aromatic rings. The first-order chi connectivity index (χ1) is 9.87. The van der Waals surface area contributed by atoms with Gasteiger partial charge in [-0.05, 0) is 26.1 Å². The zero-order valence-corrected chi connectivity index (χ0v) is 13.3. The van der Waals surface area contributed by atoms with Gasteiger partial charge in [0.05, 0.1) is 17.6 Å². The minimum absolute atomic E-state index is 0.00764. The van der Waals surface area contributed by atoms with Crippen LogP contribution in [0.3, 0.4) is 0 Å². The summed E-state index contributed by atoms with van der Waals surface area (Å²) >= 11 is 0. The zero-order valence-electron chi connectivity index (χ0n) is 12.4. The Morgan fingerprint density at radius 3 is 2.57 bits per heavy atom. The van der Waals surface area contributed by atoms with Crippen LogP contribution in [0.15, 0.2) is 29.2 Å². The summed E-state index contributed by atoms with van der Waals surface area (Å²) in [5.41, 5.74) is 0.0751. The molecule has 0 saturated carbocycles. The molecule has 0 bridgehead atoms. The number of likely N-dealkylation sites (N-methyl/N-ethyl adjacent to an activating group) is 1. The summed E-state index contributed by atoms with van der Waals surface area (Å²) in [6.07, 6.45) is 0. The van der Waals surface area contributed by atoms with E-state index in [-0.39, 0.29) is 16.5 Å². The number of carbonyl (C=O) groups is 1. The molecule has 0 radical (unpaired) electrons. The molecule has 7 heteroatoms. The SMILES string of the molecule is COC(=O)c1ccccc1S(=O)(=O)N1CCN(C)CC1C. The zero-order chi connectivity index (χ0) is 15.6. The van der Waals surface area contributed by atoms with Crippen LogP contribution in [0.25, 0.3) is 0 Å². The first-order valence-corrected chi connectivity index (χ1v) is 8.19. The summed E-state index contributed by atoms with van der Waals surface area (Å²) in [4.78, 5) is 13.9. The number of rotatable bonds is 3. The first-order valence-electron chi connectivity index (χ1n) is 6.75. The maximum atomic E-state index is 12.8. The second kappa shape index (κ2) is 6.13. The van der Waals surface area contributed by atoms with Crippen molar-refractivity contribution in [3.05, 3.63) is 29.8 Å². The van der Waals surface area contributed by atoms with E-state index in [9.17, 15) is 13.2 Å². The Kier molecular flexibility index (Phi) is 4.65. The average Bonchev–Trinajstić information content (AvgIpc) is 2.46. The molecule has 1 aliphatic heterocycles. The standard InChI is InChI=1S/C14H20N2O4S/c1-11-10-15(2)8-9-16(11)21(18,19)13-7-5-4-6-12(13)14(17)20-3/h4-7,11H,8-10H2,1-3H3. The van der Waals surface area contributed by atoms with Crippen molar-refractivity contribution in [3.63, 3.8) is 0 Å². The summed E-state index contributed by atoms with van der Waals surface area (Å²) < 4.78 is 31.8. The third-order valence-electron chi connectivity index (χ3n) is 3.65. The van der Waals surface area contributed by atoms with Crippen LogP contribution in [0.4, 0.5) is 0 Å². The van der Waals surface area contributed by atoms with Crippen molar-refractivity contribution in [2.75, 3.05) is 33.8 Å². The summed E-state index contributed by atoms with van der Waals surface area (Å²) in [5.74, 6) is -0.643. The fourth-order valence-electron chi connectivity index (χ4n) is 2.58. The number of sulfonamides is 1. The molecule has 1 aromatic carbocycles. The highest BCUT2D eigenvalue weighted by Crippen LogP contribution is 2.24. The number of ether oxygens (including phenoxy) is 1. The summed E-state index contributed by atoms with van der Waals surface area (Å²) in [6, 6.07) is 6.02. The van der Waals surface area contributed by atoms with Crippen LogP contribution in [0, 0.1) is 0 Å². The highest BCUT2D eigenvalue weighted by atomic mass is 32.2. The smallest absolute Gasteiger partial charge is 0.339 e. The lowest BCUT2D eigenvalue weighted by Crippen LogP contribution is -2.52. The van der Waals surface area contributed by atoms with Gasteiger partial charge in [-0.1, -0.05) is 12.1 Å². The normalized spacial score (nSPS) is 21.2. The molecule has 0 amide bonds. The second-order valence-electron chi connectivity index (χ2n) is 5.21. The molecule has 0 N–H and O–H groups in total. The van der Waals surface area contributed by atoms with Crippen molar-refractivity contribution in [2.24, 2.45) is 0 Å². The van der Waals surface area contributed by atoms with Gasteiger partial charge >= 0.3 is 5.97 Å². The lowest BCUT2D eigenvalue weighted by molar-refractivity contribution is 0.0596. The highest BCUT2D eigenvalue weighted by Gasteiger charge is 2.35. The number of benzene rings is 1. The maximum absolute atomic E-state index is 12.8. The van der Waals surface area contributed by atoms with Gasteiger partial charge in [-0.3, -0.25) is 0 Å². The van der Waals surface area contributed by atoms with Gasteiger partial charge in [0, 0.05) is 25.7 Å². The monoisotopic (exact) mass is 312 g/mol. The predicted molar refractivity (Wildman–Crippen MR) is 78.6 cm³/mol. The number of carbonyl (C=O) groups excluding carboxylic acids is 1. The molecule has 1 fully saturated rings. The van der Waals surface area contributed by atoms with Crippen molar-refractivity contribution >= 4 is 16.0 Å². The van der Waals surface area contributed by atoms with Gasteiger partial charge in [-0.15, -0.1) is 0 Å². The van der Waals surface area contributed by atoms with E-state index in [0.717, 1.165) is 0 Å². The van der Waals surface area contributed by atoms with E-state index < -0.39 is 16.0 Å². The molecule has 1 heterocycles. The van der Waals surface area contributed by atoms with Crippen LogP contribution in [0.1, 0.15) is 17.3 Å². The van der Waals surface area contributed by atoms with Gasteiger partial charge in [0.1, 0.15) is 0 Å². The van der Waals surface area contributed by atoms with Gasteiger partial charge in [0.2, 0.25) is 10.0 Å². The van der Waals surface area contributed by atoms with E-state index in [1.54, 1.807) is 12.1 Å². The molecule has 21 heavy (non-hydrogen) atoms. The quantitative estimate of drug-likeness (QED) is 0.772. The topological polar surface area (TPSA) is 66.9 Å². The van der Waals surface area contributed by atoms with E-state index in [0.29, 0.717) is 19.6 Å². The average molecular weight is 312 g/mol. The molecule has 0 aliphatic carbocycles. The first kappa shape index (κ1) is 15.9. The highest BCUT2D eigenvalue weighted by molar-refractivity contribution is 7.89. The van der Waals surface area contributed by atoms with E-state index in [2.05, 4.69) is 9.64 Å². The van der Waals surface area contributed by atoms with Crippen LogP contribution >= 0.6 is 0 Å². The van der Waals surface area contributed by atoms with Crippen molar-refractivity contribution < 1.29 is 17.9 Å². The third-order valence-corrected chi connectivity index (χ3v) is 5.72. The van der Waals surface area contributed by atoms with Crippen molar-refractivity contribution in [2.45, 2.75) is 17.9 Å². The van der Waals surface area contributed by atoms with E-state index in [1.807, 2.05) is 14.0 Å². The molecule has 1 atom stereocenters. The Morgan fingerprint density at radius 2 is 1.95 bits per heavy atom. The Labute approximate surface area is 125 Å². The maximum Gasteiger partial charge on any atom is 0.339 e. The Balaban J connectivity index is 2.43. The minimum Gasteiger partial charge on any atom is -0.465 e. The number of hydrogen-bond acceptors (Lipinski definition) is 5. The molecule has 116 valence electrons. The molecule has 0 aromatic heterocycles. The molecule has 1 unspecified atom stereocenters. The molecule has 2 rings (SSSR count). The fraction of sp³-hybridized carbons (Fsp3) is 0.500. The van der Waals surface area contributed by atoms with Crippen LogP contribution in [0.5, 0.6) is 0 Å². The number of nitrogens with zero attached hydrogens (tertiary/aromatic N) is 2.